The summed E-state index contributed by atoms with van der Waals surface area (Å²) in [6, 6.07) is 19.2. The molecule has 0 spiro atoms. The second-order valence-corrected chi connectivity index (χ2v) is 6.14. The summed E-state index contributed by atoms with van der Waals surface area (Å²) in [5, 5.41) is 1.04. The Bertz CT molecular complexity index is 552. The third-order valence-electron chi connectivity index (χ3n) is 4.00. The van der Waals surface area contributed by atoms with Crippen LogP contribution in [0.5, 0.6) is 5.75 Å². The van der Waals surface area contributed by atoms with Crippen molar-refractivity contribution in [1.82, 2.24) is 0 Å². The normalized spacial score (nSPS) is 18.4. The van der Waals surface area contributed by atoms with Gasteiger partial charge >= 0.3 is 0 Å². The van der Waals surface area contributed by atoms with Crippen molar-refractivity contribution in [2.24, 2.45) is 5.92 Å². The molecule has 2 aromatic rings. The van der Waals surface area contributed by atoms with Crippen molar-refractivity contribution in [3.63, 3.8) is 0 Å². The van der Waals surface area contributed by atoms with E-state index in [-0.39, 0.29) is 0 Å². The number of alkyl halides is 1. The van der Waals surface area contributed by atoms with Crippen molar-refractivity contribution in [1.29, 1.82) is 0 Å². The first-order valence-electron chi connectivity index (χ1n) is 7.18. The summed E-state index contributed by atoms with van der Waals surface area (Å²) >= 11 is 3.68. The minimum Gasteiger partial charge on any atom is -0.493 e. The van der Waals surface area contributed by atoms with E-state index >= 15 is 0 Å². The van der Waals surface area contributed by atoms with Crippen LogP contribution >= 0.6 is 15.9 Å². The summed E-state index contributed by atoms with van der Waals surface area (Å²) in [7, 11) is 0. The van der Waals surface area contributed by atoms with E-state index < -0.39 is 0 Å². The quantitative estimate of drug-likeness (QED) is 0.715. The summed E-state index contributed by atoms with van der Waals surface area (Å²) in [5.41, 5.74) is 2.80. The van der Waals surface area contributed by atoms with Crippen molar-refractivity contribution in [3.05, 3.63) is 65.7 Å². The molecular weight excluding hydrogens is 312 g/mol. The highest BCUT2D eigenvalue weighted by Gasteiger charge is 2.26. The van der Waals surface area contributed by atoms with Gasteiger partial charge in [-0.1, -0.05) is 64.5 Å². The molecule has 0 saturated carbocycles. The van der Waals surface area contributed by atoms with Crippen LogP contribution in [0.1, 0.15) is 23.5 Å². The Morgan fingerprint density at radius 2 is 1.80 bits per heavy atom. The van der Waals surface area contributed by atoms with Crippen molar-refractivity contribution in [2.75, 3.05) is 11.9 Å². The van der Waals surface area contributed by atoms with Gasteiger partial charge in [0.1, 0.15) is 5.75 Å². The number of hydrogen-bond donors (Lipinski definition) is 0. The van der Waals surface area contributed by atoms with Gasteiger partial charge in [-0.25, -0.2) is 0 Å². The van der Waals surface area contributed by atoms with E-state index in [9.17, 15) is 0 Å². The van der Waals surface area contributed by atoms with Crippen LogP contribution in [0.2, 0.25) is 0 Å². The second kappa shape index (κ2) is 6.45. The summed E-state index contributed by atoms with van der Waals surface area (Å²) < 4.78 is 5.79. The number of rotatable bonds is 5. The Balaban J connectivity index is 1.67. The molecule has 1 nitrogen and oxygen atoms in total. The highest BCUT2D eigenvalue weighted by Crippen LogP contribution is 2.38. The lowest BCUT2D eigenvalue weighted by atomic mass is 9.88. The number of benzene rings is 2. The first-order valence-corrected chi connectivity index (χ1v) is 8.30. The maximum Gasteiger partial charge on any atom is 0.122 e. The summed E-state index contributed by atoms with van der Waals surface area (Å²) in [5.74, 6) is 2.26. The van der Waals surface area contributed by atoms with E-state index in [0.29, 0.717) is 11.8 Å². The van der Waals surface area contributed by atoms with Crippen LogP contribution < -0.4 is 4.74 Å². The number of ether oxygens (including phenoxy) is 1. The highest BCUT2D eigenvalue weighted by atomic mass is 79.9. The molecule has 2 unspecified atom stereocenters. The maximum absolute atomic E-state index is 5.79. The molecule has 2 aromatic carbocycles. The summed E-state index contributed by atoms with van der Waals surface area (Å²) in [6.07, 6.45) is 2.31. The van der Waals surface area contributed by atoms with Gasteiger partial charge in [0.05, 0.1) is 6.61 Å². The van der Waals surface area contributed by atoms with Gasteiger partial charge < -0.3 is 4.74 Å². The lowest BCUT2D eigenvalue weighted by molar-refractivity contribution is 0.311. The van der Waals surface area contributed by atoms with Crippen LogP contribution in [0, 0.1) is 5.92 Å². The van der Waals surface area contributed by atoms with Crippen LogP contribution in [0.25, 0.3) is 0 Å². The fourth-order valence-electron chi connectivity index (χ4n) is 2.98. The average Bonchev–Trinajstić information content (AvgIpc) is 2.91. The predicted octanol–water partition coefficient (Wildman–Crippen LogP) is 4.81. The molecule has 1 aliphatic heterocycles. The summed E-state index contributed by atoms with van der Waals surface area (Å²) in [4.78, 5) is 0. The minimum absolute atomic E-state index is 0.539. The zero-order chi connectivity index (χ0) is 13.8. The van der Waals surface area contributed by atoms with Gasteiger partial charge in [-0.2, -0.15) is 0 Å². The first-order chi connectivity index (χ1) is 9.86. The Morgan fingerprint density at radius 3 is 2.60 bits per heavy atom. The molecule has 104 valence electrons. The molecule has 0 radical (unpaired) electrons. The molecule has 0 saturated heterocycles. The Morgan fingerprint density at radius 1 is 1.05 bits per heavy atom. The lowest BCUT2D eigenvalue weighted by Gasteiger charge is -2.18. The first kappa shape index (κ1) is 13.7. The van der Waals surface area contributed by atoms with Gasteiger partial charge in [0.25, 0.3) is 0 Å². The molecule has 0 amide bonds. The molecule has 3 rings (SSSR count). The molecular formula is C18H19BrO. The molecule has 0 aliphatic carbocycles. The van der Waals surface area contributed by atoms with Crippen LogP contribution in [0.4, 0.5) is 0 Å². The highest BCUT2D eigenvalue weighted by molar-refractivity contribution is 9.09. The topological polar surface area (TPSA) is 9.23 Å². The molecule has 2 heteroatoms. The van der Waals surface area contributed by atoms with Gasteiger partial charge in [0.15, 0.2) is 0 Å². The van der Waals surface area contributed by atoms with E-state index in [4.69, 9.17) is 4.74 Å². The van der Waals surface area contributed by atoms with Gasteiger partial charge in [0, 0.05) is 16.8 Å². The molecule has 2 atom stereocenters. The number of fused-ring (bicyclic) bond motifs is 1. The van der Waals surface area contributed by atoms with Crippen LogP contribution in [0.15, 0.2) is 54.6 Å². The van der Waals surface area contributed by atoms with E-state index in [1.807, 2.05) is 6.07 Å². The molecule has 1 heterocycles. The van der Waals surface area contributed by atoms with Crippen LogP contribution in [-0.4, -0.2) is 11.9 Å². The van der Waals surface area contributed by atoms with Crippen molar-refractivity contribution in [2.45, 2.75) is 18.8 Å². The van der Waals surface area contributed by atoms with Crippen molar-refractivity contribution >= 4 is 15.9 Å². The SMILES string of the molecule is BrCC(Cc1ccccc1)CC1COc2ccccc21. The van der Waals surface area contributed by atoms with Crippen molar-refractivity contribution < 1.29 is 4.74 Å². The lowest BCUT2D eigenvalue weighted by Crippen LogP contribution is -2.13. The molecule has 0 bridgehead atoms. The number of hydrogen-bond acceptors (Lipinski definition) is 1. The largest absolute Gasteiger partial charge is 0.493 e. The molecule has 1 aliphatic rings. The Labute approximate surface area is 129 Å². The van der Waals surface area contributed by atoms with Crippen LogP contribution in [0.3, 0.4) is 0 Å². The van der Waals surface area contributed by atoms with Gasteiger partial charge in [-0.15, -0.1) is 0 Å². The summed E-state index contributed by atoms with van der Waals surface area (Å²) in [6.45, 7) is 0.831. The Kier molecular flexibility index (Phi) is 4.41. The minimum atomic E-state index is 0.539. The number of para-hydroxylation sites is 1. The standard InChI is InChI=1S/C18H19BrO/c19-12-15(10-14-6-2-1-3-7-14)11-16-13-20-18-9-5-4-8-17(16)18/h1-9,15-16H,10-13H2. The maximum atomic E-state index is 5.79. The van der Waals surface area contributed by atoms with E-state index in [1.165, 1.54) is 17.5 Å². The smallest absolute Gasteiger partial charge is 0.122 e. The van der Waals surface area contributed by atoms with E-state index in [0.717, 1.165) is 24.1 Å². The van der Waals surface area contributed by atoms with E-state index in [2.05, 4.69) is 64.5 Å². The van der Waals surface area contributed by atoms with Crippen molar-refractivity contribution in [3.8, 4) is 5.75 Å². The van der Waals surface area contributed by atoms with Gasteiger partial charge in [-0.05, 0) is 30.4 Å². The fourth-order valence-corrected chi connectivity index (χ4v) is 3.47. The van der Waals surface area contributed by atoms with Gasteiger partial charge in [0.2, 0.25) is 0 Å². The second-order valence-electron chi connectivity index (χ2n) is 5.49. The monoisotopic (exact) mass is 330 g/mol. The van der Waals surface area contributed by atoms with Gasteiger partial charge in [-0.3, -0.25) is 0 Å². The third-order valence-corrected chi connectivity index (χ3v) is 4.92. The zero-order valence-corrected chi connectivity index (χ0v) is 13.1. The fraction of sp³-hybridized carbons (Fsp3) is 0.333. The molecule has 0 fully saturated rings. The van der Waals surface area contributed by atoms with E-state index in [1.54, 1.807) is 0 Å². The Hall–Kier alpha value is -1.28. The third kappa shape index (κ3) is 3.06. The average molecular weight is 331 g/mol. The zero-order valence-electron chi connectivity index (χ0n) is 11.5. The molecule has 20 heavy (non-hydrogen) atoms. The molecule has 0 N–H and O–H groups in total. The molecule has 0 aromatic heterocycles. The number of halogens is 1. The van der Waals surface area contributed by atoms with Crippen LogP contribution in [-0.2, 0) is 6.42 Å². The predicted molar refractivity (Wildman–Crippen MR) is 86.7 cm³/mol.